The molecule has 0 aromatic heterocycles. The molecule has 1 atom stereocenters. The highest BCUT2D eigenvalue weighted by Gasteiger charge is 2.38. The molecule has 1 amide bonds. The second-order valence-corrected chi connectivity index (χ2v) is 6.11. The number of para-hydroxylation sites is 2. The topological polar surface area (TPSA) is 89.7 Å². The minimum atomic E-state index is -3.86. The van der Waals surface area contributed by atoms with E-state index in [1.807, 2.05) is 0 Å². The molecule has 1 aliphatic heterocycles. The predicted octanol–water partition coefficient (Wildman–Crippen LogP) is 0.682. The number of nitrogens with zero attached hydrogens (tertiary/aromatic N) is 1. The molecule has 2 N–H and O–H groups in total. The average Bonchev–Trinajstić information content (AvgIpc) is 2.71. The van der Waals surface area contributed by atoms with Gasteiger partial charge in [-0.3, -0.25) is 4.79 Å². The van der Waals surface area contributed by atoms with E-state index in [4.69, 9.17) is 5.14 Å². The quantitative estimate of drug-likeness (QED) is 0.886. The Balaban J connectivity index is 2.31. The second kappa shape index (κ2) is 5.33. The van der Waals surface area contributed by atoms with E-state index >= 15 is 0 Å². The molecule has 1 aromatic carbocycles. The molecule has 1 heterocycles. The molecule has 9 heteroatoms. The van der Waals surface area contributed by atoms with Crippen molar-refractivity contribution < 1.29 is 26.7 Å². The zero-order valence-corrected chi connectivity index (χ0v) is 11.0. The first-order chi connectivity index (χ1) is 9.29. The number of halogens is 2. The maximum atomic E-state index is 12.3. The summed E-state index contributed by atoms with van der Waals surface area (Å²) in [6.07, 6.45) is -0.276. The molecule has 0 radical (unpaired) electrons. The predicted molar refractivity (Wildman–Crippen MR) is 66.9 cm³/mol. The molecule has 2 rings (SSSR count). The van der Waals surface area contributed by atoms with Gasteiger partial charge in [0.05, 0.1) is 5.69 Å². The molecular weight excluding hydrogens is 294 g/mol. The minimum absolute atomic E-state index is 0.101. The number of ether oxygens (including phenoxy) is 1. The van der Waals surface area contributed by atoms with Gasteiger partial charge < -0.3 is 9.64 Å². The molecule has 0 aliphatic carbocycles. The zero-order valence-electron chi connectivity index (χ0n) is 10.2. The van der Waals surface area contributed by atoms with Gasteiger partial charge in [-0.05, 0) is 12.1 Å². The van der Waals surface area contributed by atoms with Gasteiger partial charge in [0, 0.05) is 13.0 Å². The van der Waals surface area contributed by atoms with E-state index < -0.39 is 27.8 Å². The van der Waals surface area contributed by atoms with Gasteiger partial charge >= 0.3 is 6.61 Å². The van der Waals surface area contributed by atoms with Crippen LogP contribution >= 0.6 is 0 Å². The largest absolute Gasteiger partial charge is 0.433 e. The van der Waals surface area contributed by atoms with E-state index in [0.717, 1.165) is 4.90 Å². The van der Waals surface area contributed by atoms with E-state index in [-0.39, 0.29) is 24.4 Å². The number of anilines is 1. The number of amides is 1. The van der Waals surface area contributed by atoms with Gasteiger partial charge in [0.15, 0.2) is 0 Å². The van der Waals surface area contributed by atoms with E-state index in [9.17, 15) is 22.0 Å². The minimum Gasteiger partial charge on any atom is -0.433 e. The van der Waals surface area contributed by atoms with Gasteiger partial charge in [0.2, 0.25) is 15.9 Å². The first-order valence-corrected chi connectivity index (χ1v) is 7.26. The summed E-state index contributed by atoms with van der Waals surface area (Å²) in [7, 11) is -3.86. The number of benzene rings is 1. The van der Waals surface area contributed by atoms with Crippen LogP contribution in [0.3, 0.4) is 0 Å². The molecule has 1 saturated heterocycles. The van der Waals surface area contributed by atoms with Gasteiger partial charge in [0.25, 0.3) is 0 Å². The standard InChI is InChI=1S/C11H12F2N2O4S/c12-11(13)19-9-4-2-1-3-8(9)15-6-7(5-10(15)16)20(14,17)18/h1-4,7,11H,5-6H2,(H2,14,17,18). The lowest BCUT2D eigenvalue weighted by molar-refractivity contribution is -0.117. The number of sulfonamides is 1. The molecule has 6 nitrogen and oxygen atoms in total. The summed E-state index contributed by atoms with van der Waals surface area (Å²) in [6, 6.07) is 5.68. The smallest absolute Gasteiger partial charge is 0.387 e. The summed E-state index contributed by atoms with van der Waals surface area (Å²) in [5.74, 6) is -0.694. The van der Waals surface area contributed by atoms with Gasteiger partial charge in [-0.15, -0.1) is 0 Å². The van der Waals surface area contributed by atoms with Crippen LogP contribution in [-0.4, -0.2) is 32.7 Å². The van der Waals surface area contributed by atoms with Crippen LogP contribution in [0.1, 0.15) is 6.42 Å². The monoisotopic (exact) mass is 306 g/mol. The Morgan fingerprint density at radius 3 is 2.55 bits per heavy atom. The Morgan fingerprint density at radius 2 is 2.00 bits per heavy atom. The fourth-order valence-corrected chi connectivity index (χ4v) is 2.74. The van der Waals surface area contributed by atoms with Crippen LogP contribution in [0.5, 0.6) is 5.75 Å². The number of nitrogens with two attached hydrogens (primary N) is 1. The van der Waals surface area contributed by atoms with Crippen molar-refractivity contribution >= 4 is 21.6 Å². The zero-order chi connectivity index (χ0) is 14.9. The van der Waals surface area contributed by atoms with Crippen molar-refractivity contribution in [3.63, 3.8) is 0 Å². The number of primary sulfonamides is 1. The summed E-state index contributed by atoms with van der Waals surface area (Å²) in [6.45, 7) is -3.22. The summed E-state index contributed by atoms with van der Waals surface area (Å²) in [4.78, 5) is 12.9. The maximum Gasteiger partial charge on any atom is 0.387 e. The Morgan fingerprint density at radius 1 is 1.35 bits per heavy atom. The fraction of sp³-hybridized carbons (Fsp3) is 0.364. The molecule has 20 heavy (non-hydrogen) atoms. The SMILES string of the molecule is NS(=O)(=O)C1CC(=O)N(c2ccccc2OC(F)F)C1. The maximum absolute atomic E-state index is 12.3. The van der Waals surface area contributed by atoms with Gasteiger partial charge in [-0.1, -0.05) is 12.1 Å². The lowest BCUT2D eigenvalue weighted by Gasteiger charge is -2.19. The third-order valence-electron chi connectivity index (χ3n) is 2.93. The summed E-state index contributed by atoms with van der Waals surface area (Å²) in [5, 5.41) is 3.96. The van der Waals surface area contributed by atoms with Crippen molar-refractivity contribution in [3.8, 4) is 5.75 Å². The molecule has 1 fully saturated rings. The summed E-state index contributed by atoms with van der Waals surface area (Å²) >= 11 is 0. The molecule has 0 spiro atoms. The van der Waals surface area contributed by atoms with Crippen molar-refractivity contribution in [2.75, 3.05) is 11.4 Å². The van der Waals surface area contributed by atoms with Crippen molar-refractivity contribution in [3.05, 3.63) is 24.3 Å². The first kappa shape index (κ1) is 14.7. The Labute approximate surface area is 114 Å². The number of hydrogen-bond donors (Lipinski definition) is 1. The number of rotatable bonds is 4. The molecule has 0 saturated carbocycles. The molecular formula is C11H12F2N2O4S. The van der Waals surface area contributed by atoms with Crippen LogP contribution in [-0.2, 0) is 14.8 Å². The van der Waals surface area contributed by atoms with E-state index in [2.05, 4.69) is 4.74 Å². The molecule has 1 aliphatic rings. The normalized spacial score (nSPS) is 19.7. The second-order valence-electron chi connectivity index (χ2n) is 4.27. The molecule has 1 unspecified atom stereocenters. The highest BCUT2D eigenvalue weighted by Crippen LogP contribution is 2.33. The number of carbonyl (C=O) groups excluding carboxylic acids is 1. The van der Waals surface area contributed by atoms with Crippen molar-refractivity contribution in [2.24, 2.45) is 5.14 Å². The Bertz CT molecular complexity index is 621. The number of carbonyl (C=O) groups is 1. The highest BCUT2D eigenvalue weighted by atomic mass is 32.2. The van der Waals surface area contributed by atoms with Gasteiger partial charge in [0.1, 0.15) is 11.0 Å². The van der Waals surface area contributed by atoms with Crippen molar-refractivity contribution in [1.29, 1.82) is 0 Å². The highest BCUT2D eigenvalue weighted by molar-refractivity contribution is 7.89. The fourth-order valence-electron chi connectivity index (χ4n) is 2.00. The van der Waals surface area contributed by atoms with Crippen LogP contribution in [0.2, 0.25) is 0 Å². The molecule has 110 valence electrons. The third kappa shape index (κ3) is 3.05. The summed E-state index contributed by atoms with van der Waals surface area (Å²) < 4.78 is 51.5. The van der Waals surface area contributed by atoms with E-state index in [0.29, 0.717) is 0 Å². The average molecular weight is 306 g/mol. The molecule has 0 bridgehead atoms. The lowest BCUT2D eigenvalue weighted by Crippen LogP contribution is -2.32. The third-order valence-corrected chi connectivity index (χ3v) is 4.17. The van der Waals surface area contributed by atoms with Crippen molar-refractivity contribution in [1.82, 2.24) is 0 Å². The Hall–Kier alpha value is -1.74. The lowest BCUT2D eigenvalue weighted by atomic mass is 10.2. The van der Waals surface area contributed by atoms with Gasteiger partial charge in [-0.25, -0.2) is 13.6 Å². The van der Waals surface area contributed by atoms with Crippen LogP contribution in [0.15, 0.2) is 24.3 Å². The van der Waals surface area contributed by atoms with E-state index in [1.165, 1.54) is 24.3 Å². The van der Waals surface area contributed by atoms with Crippen LogP contribution < -0.4 is 14.8 Å². The van der Waals surface area contributed by atoms with E-state index in [1.54, 1.807) is 0 Å². The van der Waals surface area contributed by atoms with Crippen LogP contribution in [0.4, 0.5) is 14.5 Å². The Kier molecular flexibility index (Phi) is 3.91. The van der Waals surface area contributed by atoms with Gasteiger partial charge in [-0.2, -0.15) is 8.78 Å². The van der Waals surface area contributed by atoms with Crippen LogP contribution in [0.25, 0.3) is 0 Å². The number of alkyl halides is 2. The van der Waals surface area contributed by atoms with Crippen LogP contribution in [0, 0.1) is 0 Å². The van der Waals surface area contributed by atoms with Crippen molar-refractivity contribution in [2.45, 2.75) is 18.3 Å². The molecule has 1 aromatic rings. The summed E-state index contributed by atoms with van der Waals surface area (Å²) in [5.41, 5.74) is 0.101. The first-order valence-electron chi connectivity index (χ1n) is 5.65. The number of hydrogen-bond acceptors (Lipinski definition) is 4.